The minimum absolute atomic E-state index is 0.0504. The summed E-state index contributed by atoms with van der Waals surface area (Å²) in [5, 5.41) is 3.08. The van der Waals surface area contributed by atoms with Crippen molar-refractivity contribution in [1.29, 1.82) is 0 Å². The molecule has 4 rings (SSSR count). The third kappa shape index (κ3) is 3.94. The van der Waals surface area contributed by atoms with Crippen LogP contribution >= 0.6 is 11.8 Å². The van der Waals surface area contributed by atoms with Gasteiger partial charge in [0.1, 0.15) is 17.2 Å². The van der Waals surface area contributed by atoms with E-state index in [0.717, 1.165) is 27.4 Å². The van der Waals surface area contributed by atoms with Crippen molar-refractivity contribution in [3.05, 3.63) is 84.1 Å². The van der Waals surface area contributed by atoms with Gasteiger partial charge in [-0.15, -0.1) is 11.8 Å². The van der Waals surface area contributed by atoms with Gasteiger partial charge in [0.05, 0.1) is 5.75 Å². The summed E-state index contributed by atoms with van der Waals surface area (Å²) in [6.45, 7) is 4.09. The number of carbonyl (C=O) groups excluding carboxylic acids is 1. The molecule has 1 amide bonds. The topological polar surface area (TPSA) is 46.4 Å². The van der Waals surface area contributed by atoms with Gasteiger partial charge in [0.2, 0.25) is 5.91 Å². The van der Waals surface area contributed by atoms with Gasteiger partial charge in [-0.05, 0) is 37.6 Å². The van der Waals surface area contributed by atoms with Crippen LogP contribution < -0.4 is 5.32 Å². The quantitative estimate of drug-likeness (QED) is 0.470. The lowest BCUT2D eigenvalue weighted by Gasteiger charge is -2.09. The number of hydrogen-bond donors (Lipinski definition) is 1. The number of imidazole rings is 1. The van der Waals surface area contributed by atoms with E-state index in [-0.39, 0.29) is 5.91 Å². The summed E-state index contributed by atoms with van der Waals surface area (Å²) < 4.78 is 1.95. The van der Waals surface area contributed by atoms with E-state index in [0.29, 0.717) is 11.6 Å². The Morgan fingerprint density at radius 1 is 0.964 bits per heavy atom. The number of carbonyl (C=O) groups is 1. The van der Waals surface area contributed by atoms with Crippen LogP contribution in [0.5, 0.6) is 0 Å². The van der Waals surface area contributed by atoms with E-state index in [1.807, 2.05) is 72.1 Å². The molecule has 0 spiro atoms. The fourth-order valence-electron chi connectivity index (χ4n) is 3.02. The lowest BCUT2D eigenvalue weighted by Crippen LogP contribution is -2.16. The SMILES string of the molecule is Cc1ccc(-c2nc3ccc(C)cn3c2NC(=O)CSc2ccccc2)cc1. The highest BCUT2D eigenvalue weighted by Gasteiger charge is 2.16. The first kappa shape index (κ1) is 18.3. The number of nitrogens with one attached hydrogen (secondary N) is 1. The average Bonchev–Trinajstić information content (AvgIpc) is 3.05. The first-order valence-electron chi connectivity index (χ1n) is 9.13. The Morgan fingerprint density at radius 3 is 2.43 bits per heavy atom. The van der Waals surface area contributed by atoms with Gasteiger partial charge in [-0.25, -0.2) is 4.98 Å². The smallest absolute Gasteiger partial charge is 0.235 e. The number of aryl methyl sites for hydroxylation is 2. The van der Waals surface area contributed by atoms with Crippen LogP contribution in [0.1, 0.15) is 11.1 Å². The zero-order valence-corrected chi connectivity index (χ0v) is 16.7. The first-order valence-corrected chi connectivity index (χ1v) is 10.1. The maximum Gasteiger partial charge on any atom is 0.235 e. The van der Waals surface area contributed by atoms with Gasteiger partial charge in [0, 0.05) is 16.7 Å². The van der Waals surface area contributed by atoms with Gasteiger partial charge in [-0.1, -0.05) is 54.1 Å². The van der Waals surface area contributed by atoms with Crippen molar-refractivity contribution < 1.29 is 4.79 Å². The zero-order valence-electron chi connectivity index (χ0n) is 15.8. The molecular weight excluding hydrogens is 366 g/mol. The van der Waals surface area contributed by atoms with E-state index < -0.39 is 0 Å². The molecule has 2 heterocycles. The second-order valence-electron chi connectivity index (χ2n) is 6.76. The molecule has 0 atom stereocenters. The molecule has 0 aliphatic rings. The van der Waals surface area contributed by atoms with Crippen molar-refractivity contribution >= 4 is 29.1 Å². The van der Waals surface area contributed by atoms with Crippen molar-refractivity contribution in [3.8, 4) is 11.3 Å². The first-order chi connectivity index (χ1) is 13.6. The molecule has 28 heavy (non-hydrogen) atoms. The van der Waals surface area contributed by atoms with Crippen LogP contribution in [0.2, 0.25) is 0 Å². The van der Waals surface area contributed by atoms with Crippen molar-refractivity contribution in [2.75, 3.05) is 11.1 Å². The minimum atomic E-state index is -0.0504. The number of rotatable bonds is 5. The van der Waals surface area contributed by atoms with E-state index in [2.05, 4.69) is 24.4 Å². The predicted molar refractivity (Wildman–Crippen MR) is 116 cm³/mol. The third-order valence-corrected chi connectivity index (χ3v) is 5.47. The minimum Gasteiger partial charge on any atom is -0.309 e. The third-order valence-electron chi connectivity index (χ3n) is 4.46. The summed E-state index contributed by atoms with van der Waals surface area (Å²) in [5.41, 5.74) is 4.87. The second kappa shape index (κ2) is 7.90. The number of fused-ring (bicyclic) bond motifs is 1. The molecule has 140 valence electrons. The molecule has 0 radical (unpaired) electrons. The highest BCUT2D eigenvalue weighted by Crippen LogP contribution is 2.30. The predicted octanol–water partition coefficient (Wildman–Crippen LogP) is 5.35. The maximum atomic E-state index is 12.7. The molecule has 4 aromatic rings. The molecule has 5 heteroatoms. The molecule has 2 aromatic heterocycles. The fraction of sp³-hybridized carbons (Fsp3) is 0.130. The van der Waals surface area contributed by atoms with E-state index in [1.165, 1.54) is 17.3 Å². The van der Waals surface area contributed by atoms with Crippen LogP contribution in [-0.2, 0) is 4.79 Å². The fourth-order valence-corrected chi connectivity index (χ4v) is 3.74. The summed E-state index contributed by atoms with van der Waals surface area (Å²) in [5.74, 6) is 1.00. The number of thioether (sulfide) groups is 1. The molecule has 4 nitrogen and oxygen atoms in total. The number of pyridine rings is 1. The van der Waals surface area contributed by atoms with Crippen molar-refractivity contribution in [2.45, 2.75) is 18.7 Å². The van der Waals surface area contributed by atoms with E-state index in [9.17, 15) is 4.79 Å². The number of benzene rings is 2. The highest BCUT2D eigenvalue weighted by atomic mass is 32.2. The summed E-state index contributed by atoms with van der Waals surface area (Å²) in [7, 11) is 0. The van der Waals surface area contributed by atoms with E-state index in [1.54, 1.807) is 0 Å². The van der Waals surface area contributed by atoms with Crippen LogP contribution in [0.25, 0.3) is 16.9 Å². The standard InChI is InChI=1S/C23H21N3OS/c1-16-8-11-18(12-9-16)22-23(26-14-17(2)10-13-20(26)24-22)25-21(27)15-28-19-6-4-3-5-7-19/h3-14H,15H2,1-2H3,(H,25,27). The molecule has 0 aliphatic heterocycles. The van der Waals surface area contributed by atoms with Crippen molar-refractivity contribution in [3.63, 3.8) is 0 Å². The Morgan fingerprint density at radius 2 is 1.68 bits per heavy atom. The van der Waals surface area contributed by atoms with Crippen LogP contribution in [0.15, 0.2) is 77.8 Å². The lowest BCUT2D eigenvalue weighted by atomic mass is 10.1. The lowest BCUT2D eigenvalue weighted by molar-refractivity contribution is -0.113. The molecule has 1 N–H and O–H groups in total. The van der Waals surface area contributed by atoms with Gasteiger partial charge in [0.15, 0.2) is 0 Å². The second-order valence-corrected chi connectivity index (χ2v) is 7.81. The van der Waals surface area contributed by atoms with Crippen LogP contribution in [-0.4, -0.2) is 21.0 Å². The Balaban J connectivity index is 1.66. The van der Waals surface area contributed by atoms with Crippen LogP contribution in [0.3, 0.4) is 0 Å². The monoisotopic (exact) mass is 387 g/mol. The Kier molecular flexibility index (Phi) is 5.17. The summed E-state index contributed by atoms with van der Waals surface area (Å²) >= 11 is 1.52. The number of aromatic nitrogens is 2. The largest absolute Gasteiger partial charge is 0.309 e. The number of anilines is 1. The van der Waals surface area contributed by atoms with Gasteiger partial charge in [0.25, 0.3) is 0 Å². The normalized spacial score (nSPS) is 10.9. The van der Waals surface area contributed by atoms with Crippen molar-refractivity contribution in [1.82, 2.24) is 9.38 Å². The Hall–Kier alpha value is -3.05. The van der Waals surface area contributed by atoms with Gasteiger partial charge in [-0.3, -0.25) is 9.20 Å². The Bertz CT molecular complexity index is 1120. The molecule has 2 aromatic carbocycles. The molecule has 0 saturated carbocycles. The summed E-state index contributed by atoms with van der Waals surface area (Å²) in [4.78, 5) is 18.5. The Labute approximate surface area is 168 Å². The molecule has 0 bridgehead atoms. The van der Waals surface area contributed by atoms with Gasteiger partial charge < -0.3 is 5.32 Å². The molecule has 0 aliphatic carbocycles. The number of hydrogen-bond acceptors (Lipinski definition) is 3. The molecule has 0 unspecified atom stereocenters. The van der Waals surface area contributed by atoms with Crippen LogP contribution in [0.4, 0.5) is 5.82 Å². The number of nitrogens with zero attached hydrogens (tertiary/aromatic N) is 2. The summed E-state index contributed by atoms with van der Waals surface area (Å²) in [6.07, 6.45) is 2.00. The zero-order chi connectivity index (χ0) is 19.5. The number of amides is 1. The molecular formula is C23H21N3OS. The van der Waals surface area contributed by atoms with E-state index in [4.69, 9.17) is 4.98 Å². The highest BCUT2D eigenvalue weighted by molar-refractivity contribution is 8.00. The average molecular weight is 388 g/mol. The maximum absolute atomic E-state index is 12.7. The van der Waals surface area contributed by atoms with E-state index >= 15 is 0 Å². The van der Waals surface area contributed by atoms with Crippen molar-refractivity contribution in [2.24, 2.45) is 0 Å². The molecule has 0 saturated heterocycles. The van der Waals surface area contributed by atoms with Crippen LogP contribution in [0, 0.1) is 13.8 Å². The molecule has 0 fully saturated rings. The van der Waals surface area contributed by atoms with Gasteiger partial charge in [-0.2, -0.15) is 0 Å². The van der Waals surface area contributed by atoms with Gasteiger partial charge >= 0.3 is 0 Å². The summed E-state index contributed by atoms with van der Waals surface area (Å²) in [6, 6.07) is 22.1.